The molecular weight excluding hydrogens is 266 g/mol. The SMILES string of the molecule is NCC#Cc1ccc(C(=O)NCCOCC(N)=O)s1. The summed E-state index contributed by atoms with van der Waals surface area (Å²) >= 11 is 1.29. The quantitative estimate of drug-likeness (QED) is 0.473. The first-order valence-corrected chi connectivity index (χ1v) is 6.38. The summed E-state index contributed by atoms with van der Waals surface area (Å²) < 4.78 is 4.92. The number of thiophene rings is 1. The van der Waals surface area contributed by atoms with Crippen molar-refractivity contribution in [2.75, 3.05) is 26.3 Å². The van der Waals surface area contributed by atoms with Gasteiger partial charge in [-0.2, -0.15) is 0 Å². The van der Waals surface area contributed by atoms with Crippen LogP contribution in [0.2, 0.25) is 0 Å². The van der Waals surface area contributed by atoms with Crippen LogP contribution in [-0.2, 0) is 9.53 Å². The van der Waals surface area contributed by atoms with E-state index in [9.17, 15) is 9.59 Å². The van der Waals surface area contributed by atoms with Crippen molar-refractivity contribution in [1.29, 1.82) is 0 Å². The fourth-order valence-electron chi connectivity index (χ4n) is 1.16. The highest BCUT2D eigenvalue weighted by atomic mass is 32.1. The van der Waals surface area contributed by atoms with Crippen LogP contribution < -0.4 is 16.8 Å². The van der Waals surface area contributed by atoms with Gasteiger partial charge in [-0.3, -0.25) is 9.59 Å². The van der Waals surface area contributed by atoms with Gasteiger partial charge in [0.2, 0.25) is 5.91 Å². The molecule has 0 unspecified atom stereocenters. The number of hydrogen-bond donors (Lipinski definition) is 3. The maximum absolute atomic E-state index is 11.7. The van der Waals surface area contributed by atoms with Gasteiger partial charge < -0.3 is 21.5 Å². The fraction of sp³-hybridized carbons (Fsp3) is 0.333. The maximum atomic E-state index is 11.7. The Morgan fingerprint density at radius 1 is 1.42 bits per heavy atom. The molecule has 0 atom stereocenters. The lowest BCUT2D eigenvalue weighted by Crippen LogP contribution is -2.28. The van der Waals surface area contributed by atoms with Crippen LogP contribution in [0.4, 0.5) is 0 Å². The highest BCUT2D eigenvalue weighted by Crippen LogP contribution is 2.14. The topological polar surface area (TPSA) is 107 Å². The molecule has 1 rings (SSSR count). The summed E-state index contributed by atoms with van der Waals surface area (Å²) in [7, 11) is 0. The average molecular weight is 281 g/mol. The second-order valence-electron chi connectivity index (χ2n) is 3.44. The molecule has 1 aromatic rings. The molecule has 0 radical (unpaired) electrons. The lowest BCUT2D eigenvalue weighted by molar-refractivity contribution is -0.122. The van der Waals surface area contributed by atoms with E-state index in [0.717, 1.165) is 4.88 Å². The van der Waals surface area contributed by atoms with Gasteiger partial charge in [0.1, 0.15) is 6.61 Å². The van der Waals surface area contributed by atoms with Gasteiger partial charge in [0.05, 0.1) is 22.9 Å². The zero-order chi connectivity index (χ0) is 14.1. The van der Waals surface area contributed by atoms with E-state index in [1.807, 2.05) is 0 Å². The van der Waals surface area contributed by atoms with Crippen molar-refractivity contribution in [2.45, 2.75) is 0 Å². The van der Waals surface area contributed by atoms with E-state index >= 15 is 0 Å². The Labute approximate surface area is 115 Å². The molecule has 1 aromatic heterocycles. The van der Waals surface area contributed by atoms with Crippen molar-refractivity contribution in [3.05, 3.63) is 21.9 Å². The molecule has 0 fully saturated rings. The Bertz CT molecular complexity index is 502. The lowest BCUT2D eigenvalue weighted by atomic mass is 10.4. The van der Waals surface area contributed by atoms with Gasteiger partial charge in [0.15, 0.2) is 0 Å². The summed E-state index contributed by atoms with van der Waals surface area (Å²) in [5, 5.41) is 2.66. The zero-order valence-corrected chi connectivity index (χ0v) is 11.1. The van der Waals surface area contributed by atoms with Crippen LogP contribution in [0, 0.1) is 11.8 Å². The summed E-state index contributed by atoms with van der Waals surface area (Å²) in [6, 6.07) is 3.47. The largest absolute Gasteiger partial charge is 0.370 e. The standard InChI is InChI=1S/C12H15N3O3S/c13-5-1-2-9-3-4-10(19-9)12(17)15-6-7-18-8-11(14)16/h3-4H,5-8,13H2,(H2,14,16)(H,15,17). The molecule has 102 valence electrons. The average Bonchev–Trinajstić information content (AvgIpc) is 2.84. The number of primary amides is 1. The summed E-state index contributed by atoms with van der Waals surface area (Å²) in [5.41, 5.74) is 10.2. The second kappa shape index (κ2) is 8.26. The number of nitrogens with one attached hydrogen (secondary N) is 1. The minimum Gasteiger partial charge on any atom is -0.370 e. The number of hydrogen-bond acceptors (Lipinski definition) is 5. The molecule has 19 heavy (non-hydrogen) atoms. The van der Waals surface area contributed by atoms with Gasteiger partial charge in [-0.15, -0.1) is 11.3 Å². The van der Waals surface area contributed by atoms with Crippen LogP contribution in [0.1, 0.15) is 14.5 Å². The van der Waals surface area contributed by atoms with Crippen LogP contribution in [0.25, 0.3) is 0 Å². The highest BCUT2D eigenvalue weighted by molar-refractivity contribution is 7.14. The van der Waals surface area contributed by atoms with Crippen LogP contribution in [0.15, 0.2) is 12.1 Å². The predicted octanol–water partition coefficient (Wildman–Crippen LogP) is -0.710. The minimum atomic E-state index is -0.535. The van der Waals surface area contributed by atoms with Gasteiger partial charge in [0.25, 0.3) is 5.91 Å². The molecule has 6 nitrogen and oxygen atoms in total. The van der Waals surface area contributed by atoms with E-state index < -0.39 is 5.91 Å². The molecule has 0 saturated heterocycles. The van der Waals surface area contributed by atoms with Crippen molar-refractivity contribution in [1.82, 2.24) is 5.32 Å². The molecule has 0 spiro atoms. The first-order chi connectivity index (χ1) is 9.13. The van der Waals surface area contributed by atoms with E-state index in [2.05, 4.69) is 17.2 Å². The maximum Gasteiger partial charge on any atom is 0.261 e. The first kappa shape index (κ1) is 15.2. The van der Waals surface area contributed by atoms with Crippen molar-refractivity contribution in [3.8, 4) is 11.8 Å². The first-order valence-electron chi connectivity index (χ1n) is 5.56. The molecular formula is C12H15N3O3S. The Kier molecular flexibility index (Phi) is 6.60. The van der Waals surface area contributed by atoms with Crippen LogP contribution in [0.3, 0.4) is 0 Å². The molecule has 1 heterocycles. The van der Waals surface area contributed by atoms with Gasteiger partial charge in [-0.05, 0) is 12.1 Å². The molecule has 0 saturated carbocycles. The Balaban J connectivity index is 2.33. The van der Waals surface area contributed by atoms with E-state index in [1.165, 1.54) is 11.3 Å². The third-order valence-electron chi connectivity index (χ3n) is 1.92. The molecule has 5 N–H and O–H groups in total. The van der Waals surface area contributed by atoms with E-state index in [-0.39, 0.29) is 25.7 Å². The van der Waals surface area contributed by atoms with Crippen molar-refractivity contribution in [2.24, 2.45) is 11.5 Å². The number of rotatable bonds is 6. The zero-order valence-electron chi connectivity index (χ0n) is 10.3. The van der Waals surface area contributed by atoms with Crippen LogP contribution in [-0.4, -0.2) is 38.1 Å². The number of amides is 2. The number of carbonyl (C=O) groups excluding carboxylic acids is 2. The van der Waals surface area contributed by atoms with Gasteiger partial charge in [0, 0.05) is 6.54 Å². The van der Waals surface area contributed by atoms with Gasteiger partial charge in [-0.1, -0.05) is 11.8 Å². The normalized spacial score (nSPS) is 9.53. The van der Waals surface area contributed by atoms with Gasteiger partial charge in [-0.25, -0.2) is 0 Å². The second-order valence-corrected chi connectivity index (χ2v) is 4.53. The molecule has 2 amide bonds. The third-order valence-corrected chi connectivity index (χ3v) is 2.92. The van der Waals surface area contributed by atoms with Crippen LogP contribution >= 0.6 is 11.3 Å². The van der Waals surface area contributed by atoms with Crippen molar-refractivity contribution >= 4 is 23.2 Å². The molecule has 0 aliphatic heterocycles. The number of nitrogens with two attached hydrogens (primary N) is 2. The number of ether oxygens (including phenoxy) is 1. The Hall–Kier alpha value is -1.88. The minimum absolute atomic E-state index is 0.145. The van der Waals surface area contributed by atoms with E-state index in [0.29, 0.717) is 11.4 Å². The van der Waals surface area contributed by atoms with Crippen LogP contribution in [0.5, 0.6) is 0 Å². The van der Waals surface area contributed by atoms with Crippen molar-refractivity contribution in [3.63, 3.8) is 0 Å². The molecule has 0 aliphatic carbocycles. The van der Waals surface area contributed by atoms with Gasteiger partial charge >= 0.3 is 0 Å². The summed E-state index contributed by atoms with van der Waals surface area (Å²) in [4.78, 5) is 23.5. The third kappa shape index (κ3) is 6.01. The Morgan fingerprint density at radius 3 is 2.89 bits per heavy atom. The molecule has 0 aliphatic rings. The lowest BCUT2D eigenvalue weighted by Gasteiger charge is -2.03. The number of carbonyl (C=O) groups is 2. The molecule has 0 aromatic carbocycles. The summed E-state index contributed by atoms with van der Waals surface area (Å²) in [6.45, 7) is 0.693. The van der Waals surface area contributed by atoms with E-state index in [1.54, 1.807) is 12.1 Å². The van der Waals surface area contributed by atoms with E-state index in [4.69, 9.17) is 16.2 Å². The predicted molar refractivity (Wildman–Crippen MR) is 72.6 cm³/mol. The molecule has 7 heteroatoms. The smallest absolute Gasteiger partial charge is 0.261 e. The summed E-state index contributed by atoms with van der Waals surface area (Å²) in [5.74, 6) is 4.84. The highest BCUT2D eigenvalue weighted by Gasteiger charge is 2.07. The summed E-state index contributed by atoms with van der Waals surface area (Å²) in [6.07, 6.45) is 0. The fourth-order valence-corrected chi connectivity index (χ4v) is 1.96. The molecule has 0 bridgehead atoms. The van der Waals surface area contributed by atoms with Crippen molar-refractivity contribution < 1.29 is 14.3 Å². The monoisotopic (exact) mass is 281 g/mol. The Morgan fingerprint density at radius 2 is 2.21 bits per heavy atom.